The van der Waals surface area contributed by atoms with Crippen molar-refractivity contribution in [2.45, 2.75) is 76.4 Å². The van der Waals surface area contributed by atoms with E-state index in [1.165, 1.54) is 51.4 Å². The number of unbranched alkanes of at least 4 members (excludes halogenated alkanes) is 6. The molecule has 2 aliphatic rings. The van der Waals surface area contributed by atoms with E-state index < -0.39 is 0 Å². The number of rotatable bonds is 21. The second-order valence-corrected chi connectivity index (χ2v) is 12.1. The molecule has 0 aliphatic carbocycles. The molecule has 0 bridgehead atoms. The van der Waals surface area contributed by atoms with Crippen LogP contribution < -0.4 is 18.9 Å². The van der Waals surface area contributed by atoms with Gasteiger partial charge in [0.05, 0.1) is 38.6 Å². The van der Waals surface area contributed by atoms with E-state index in [2.05, 4.69) is 48.5 Å². The van der Waals surface area contributed by atoms with Gasteiger partial charge in [0.2, 0.25) is 0 Å². The summed E-state index contributed by atoms with van der Waals surface area (Å²) in [6.07, 6.45) is 13.2. The summed E-state index contributed by atoms with van der Waals surface area (Å²) in [4.78, 5) is 0. The average molecular weight is 599 g/mol. The van der Waals surface area contributed by atoms with Crippen molar-refractivity contribution in [2.75, 3.05) is 39.6 Å². The van der Waals surface area contributed by atoms with Gasteiger partial charge in [-0.25, -0.2) is 0 Å². The summed E-state index contributed by atoms with van der Waals surface area (Å²) in [5.41, 5.74) is 0. The van der Waals surface area contributed by atoms with Crippen molar-refractivity contribution in [3.8, 4) is 23.0 Å². The summed E-state index contributed by atoms with van der Waals surface area (Å²) < 4.78 is 34.5. The number of benzene rings is 4. The van der Waals surface area contributed by atoms with Gasteiger partial charge in [0.15, 0.2) is 0 Å². The molecule has 0 radical (unpaired) electrons. The van der Waals surface area contributed by atoms with Crippen LogP contribution in [0, 0.1) is 0 Å². The Bertz CT molecular complexity index is 1350. The monoisotopic (exact) mass is 598 g/mol. The third-order valence-electron chi connectivity index (χ3n) is 8.37. The molecule has 0 spiro atoms. The fourth-order valence-corrected chi connectivity index (χ4v) is 5.59. The van der Waals surface area contributed by atoms with E-state index in [1.54, 1.807) is 0 Å². The minimum atomic E-state index is 0.472. The molecule has 44 heavy (non-hydrogen) atoms. The van der Waals surface area contributed by atoms with Gasteiger partial charge in [0.1, 0.15) is 36.2 Å². The molecule has 6 heteroatoms. The standard InChI is InChI=1S/C38H46O6/c1(5-9-37-27-43-37)3-7-19-39-33-15-11-31-25-35(17-13-29(31)23-33)41-21-22-42-36-18-14-30-24-34(16-12-32(30)26-36)40-20-8-4-2-6-10-38-28-44-38/h11-18,23-26,37-38H,1-10,19-22,27-28H2. The number of fused-ring (bicyclic) bond motifs is 2. The number of hydrogen-bond acceptors (Lipinski definition) is 6. The molecule has 2 fully saturated rings. The molecule has 2 aliphatic heterocycles. The van der Waals surface area contributed by atoms with Crippen LogP contribution in [0.25, 0.3) is 21.5 Å². The van der Waals surface area contributed by atoms with E-state index in [1.807, 2.05) is 24.3 Å². The Balaban J connectivity index is 0.872. The summed E-state index contributed by atoms with van der Waals surface area (Å²) in [7, 11) is 0. The van der Waals surface area contributed by atoms with Gasteiger partial charge in [0, 0.05) is 0 Å². The molecule has 2 saturated heterocycles. The summed E-state index contributed by atoms with van der Waals surface area (Å²) in [5, 5.41) is 4.57. The van der Waals surface area contributed by atoms with Gasteiger partial charge < -0.3 is 28.4 Å². The molecule has 0 N–H and O–H groups in total. The zero-order chi connectivity index (χ0) is 29.8. The van der Waals surface area contributed by atoms with Crippen LogP contribution in [0.3, 0.4) is 0 Å². The van der Waals surface area contributed by atoms with Crippen LogP contribution in [0.2, 0.25) is 0 Å². The lowest BCUT2D eigenvalue weighted by molar-refractivity contribution is 0.217. The highest BCUT2D eigenvalue weighted by Gasteiger charge is 2.21. The largest absolute Gasteiger partial charge is 0.494 e. The Labute approximate surface area is 261 Å². The molecule has 0 aromatic heterocycles. The second kappa shape index (κ2) is 16.0. The molecule has 0 amide bonds. The third kappa shape index (κ3) is 10.0. The summed E-state index contributed by atoms with van der Waals surface area (Å²) in [6.45, 7) is 4.40. The Morgan fingerprint density at radius 3 is 1.07 bits per heavy atom. The first-order chi connectivity index (χ1) is 21.8. The van der Waals surface area contributed by atoms with Gasteiger partial charge in [-0.15, -0.1) is 0 Å². The van der Waals surface area contributed by atoms with Crippen LogP contribution in [-0.2, 0) is 9.47 Å². The van der Waals surface area contributed by atoms with Crippen molar-refractivity contribution >= 4 is 21.5 Å². The normalized spacial score (nSPS) is 17.1. The Kier molecular flexibility index (Phi) is 11.1. The van der Waals surface area contributed by atoms with Gasteiger partial charge >= 0.3 is 0 Å². The van der Waals surface area contributed by atoms with Gasteiger partial charge in [-0.2, -0.15) is 0 Å². The van der Waals surface area contributed by atoms with Gasteiger partial charge in [-0.1, -0.05) is 62.8 Å². The minimum Gasteiger partial charge on any atom is -0.494 e. The van der Waals surface area contributed by atoms with Crippen LogP contribution in [0.15, 0.2) is 72.8 Å². The lowest BCUT2D eigenvalue weighted by atomic mass is 10.1. The fraction of sp³-hybridized carbons (Fsp3) is 0.474. The van der Waals surface area contributed by atoms with Gasteiger partial charge in [-0.3, -0.25) is 0 Å². The molecule has 2 heterocycles. The predicted octanol–water partition coefficient (Wildman–Crippen LogP) is 8.91. The van der Waals surface area contributed by atoms with Crippen LogP contribution in [0.5, 0.6) is 23.0 Å². The van der Waals surface area contributed by atoms with Crippen LogP contribution in [0.4, 0.5) is 0 Å². The smallest absolute Gasteiger partial charge is 0.122 e. The van der Waals surface area contributed by atoms with Crippen molar-refractivity contribution in [3.05, 3.63) is 72.8 Å². The highest BCUT2D eigenvalue weighted by atomic mass is 16.6. The Hall–Kier alpha value is -3.48. The maximum Gasteiger partial charge on any atom is 0.122 e. The first kappa shape index (κ1) is 30.5. The van der Waals surface area contributed by atoms with Gasteiger partial charge in [-0.05, 0) is 95.8 Å². The van der Waals surface area contributed by atoms with Gasteiger partial charge in [0.25, 0.3) is 0 Å². The lowest BCUT2D eigenvalue weighted by Crippen LogP contribution is -2.08. The zero-order valence-corrected chi connectivity index (χ0v) is 25.8. The van der Waals surface area contributed by atoms with Crippen molar-refractivity contribution in [1.82, 2.24) is 0 Å². The first-order valence-electron chi connectivity index (χ1n) is 16.6. The van der Waals surface area contributed by atoms with Crippen LogP contribution >= 0.6 is 0 Å². The summed E-state index contributed by atoms with van der Waals surface area (Å²) in [5.74, 6) is 3.52. The van der Waals surface area contributed by atoms with E-state index in [9.17, 15) is 0 Å². The highest BCUT2D eigenvalue weighted by Crippen LogP contribution is 2.27. The molecule has 4 aromatic rings. The molecule has 234 valence electrons. The molecule has 2 atom stereocenters. The SMILES string of the molecule is c1cc2cc(OCCOc3ccc4cc(OCCCCCCC5CO5)ccc4c3)ccc2cc1OCCCCCCC1CO1. The number of ether oxygens (including phenoxy) is 6. The quantitative estimate of drug-likeness (QED) is 0.0705. The number of epoxide rings is 2. The van der Waals surface area contributed by atoms with E-state index in [0.717, 1.165) is 83.8 Å². The average Bonchev–Trinajstić information content (AvgIpc) is 3.99. The Morgan fingerprint density at radius 2 is 0.727 bits per heavy atom. The minimum absolute atomic E-state index is 0.472. The van der Waals surface area contributed by atoms with Crippen molar-refractivity contribution < 1.29 is 28.4 Å². The molecule has 4 aromatic carbocycles. The summed E-state index contributed by atoms with van der Waals surface area (Å²) >= 11 is 0. The highest BCUT2D eigenvalue weighted by molar-refractivity contribution is 5.86. The summed E-state index contributed by atoms with van der Waals surface area (Å²) in [6, 6.07) is 24.8. The Morgan fingerprint density at radius 1 is 0.409 bits per heavy atom. The molecule has 2 unspecified atom stereocenters. The van der Waals surface area contributed by atoms with Crippen molar-refractivity contribution in [3.63, 3.8) is 0 Å². The molecular formula is C38H46O6. The maximum atomic E-state index is 5.99. The molecule has 6 nitrogen and oxygen atoms in total. The fourth-order valence-electron chi connectivity index (χ4n) is 5.59. The molecule has 6 rings (SSSR count). The zero-order valence-electron chi connectivity index (χ0n) is 25.8. The molecule has 0 saturated carbocycles. The first-order valence-corrected chi connectivity index (χ1v) is 16.6. The van der Waals surface area contributed by atoms with E-state index in [4.69, 9.17) is 28.4 Å². The third-order valence-corrected chi connectivity index (χ3v) is 8.37. The van der Waals surface area contributed by atoms with E-state index in [-0.39, 0.29) is 0 Å². The van der Waals surface area contributed by atoms with E-state index in [0.29, 0.717) is 25.4 Å². The van der Waals surface area contributed by atoms with E-state index >= 15 is 0 Å². The number of hydrogen-bond donors (Lipinski definition) is 0. The van der Waals surface area contributed by atoms with Crippen molar-refractivity contribution in [1.29, 1.82) is 0 Å². The van der Waals surface area contributed by atoms with Crippen molar-refractivity contribution in [2.24, 2.45) is 0 Å². The predicted molar refractivity (Wildman–Crippen MR) is 176 cm³/mol. The second-order valence-electron chi connectivity index (χ2n) is 12.1. The lowest BCUT2D eigenvalue weighted by Gasteiger charge is -2.11. The van der Waals surface area contributed by atoms with Crippen LogP contribution in [0.1, 0.15) is 64.2 Å². The van der Waals surface area contributed by atoms with Crippen LogP contribution in [-0.4, -0.2) is 51.8 Å². The molecular weight excluding hydrogens is 552 g/mol. The topological polar surface area (TPSA) is 62.0 Å². The maximum absolute atomic E-state index is 5.99.